The van der Waals surface area contributed by atoms with Crippen LogP contribution in [0.1, 0.15) is 12.1 Å². The van der Waals surface area contributed by atoms with Gasteiger partial charge in [-0.1, -0.05) is 12.1 Å². The summed E-state index contributed by atoms with van der Waals surface area (Å²) < 4.78 is 24.9. The maximum atomic E-state index is 11.7. The summed E-state index contributed by atoms with van der Waals surface area (Å²) in [6.45, 7) is 1.12. The average molecular weight is 395 g/mol. The fraction of sp³-hybridized carbons (Fsp3) is 0.471. The quantitative estimate of drug-likeness (QED) is 0.713. The highest BCUT2D eigenvalue weighted by atomic mass is 32.2. The van der Waals surface area contributed by atoms with E-state index in [0.29, 0.717) is 13.1 Å². The predicted molar refractivity (Wildman–Crippen MR) is 107 cm³/mol. The molecule has 140 valence electrons. The maximum Gasteiger partial charge on any atom is 0.211 e. The number of thioether (sulfide) groups is 1. The highest BCUT2D eigenvalue weighted by molar-refractivity contribution is 8.14. The van der Waals surface area contributed by atoms with Crippen LogP contribution in [0.3, 0.4) is 0 Å². The lowest BCUT2D eigenvalue weighted by Gasteiger charge is -2.16. The molecule has 0 spiro atoms. The third-order valence-electron chi connectivity index (χ3n) is 4.79. The van der Waals surface area contributed by atoms with Crippen molar-refractivity contribution in [2.75, 3.05) is 37.0 Å². The van der Waals surface area contributed by atoms with Crippen molar-refractivity contribution >= 4 is 43.4 Å². The minimum absolute atomic E-state index is 0.0283. The summed E-state index contributed by atoms with van der Waals surface area (Å²) in [7, 11) is -3.14. The van der Waals surface area contributed by atoms with Crippen molar-refractivity contribution in [1.29, 1.82) is 0 Å². The Labute approximate surface area is 156 Å². The van der Waals surface area contributed by atoms with Crippen LogP contribution in [-0.4, -0.2) is 71.6 Å². The van der Waals surface area contributed by atoms with E-state index in [1.165, 1.54) is 10.6 Å². The van der Waals surface area contributed by atoms with E-state index < -0.39 is 10.0 Å². The number of fused-ring (bicyclic) bond motifs is 1. The third-order valence-corrected chi connectivity index (χ3v) is 7.21. The monoisotopic (exact) mass is 394 g/mol. The van der Waals surface area contributed by atoms with Gasteiger partial charge in [-0.15, -0.1) is 11.8 Å². The molecule has 1 unspecified atom stereocenters. The van der Waals surface area contributed by atoms with Gasteiger partial charge in [0.2, 0.25) is 10.0 Å². The Kier molecular flexibility index (Phi) is 4.72. The van der Waals surface area contributed by atoms with E-state index in [9.17, 15) is 13.5 Å². The molecule has 2 atom stereocenters. The number of aromatic amines is 1. The zero-order valence-electron chi connectivity index (χ0n) is 14.5. The number of aliphatic hydroxyl groups is 1. The van der Waals surface area contributed by atoms with Gasteiger partial charge in [0.25, 0.3) is 0 Å². The summed E-state index contributed by atoms with van der Waals surface area (Å²) in [5, 5.41) is 14.8. The summed E-state index contributed by atoms with van der Waals surface area (Å²) in [4.78, 5) is 7.99. The Hall–Kier alpha value is -1.55. The van der Waals surface area contributed by atoms with Gasteiger partial charge in [-0.25, -0.2) is 12.7 Å². The number of H-pyrrole nitrogens is 1. The van der Waals surface area contributed by atoms with Crippen molar-refractivity contribution in [3.8, 4) is 0 Å². The molecule has 0 radical (unpaired) electrons. The molecular formula is C17H22N4O3S2. The molecule has 26 heavy (non-hydrogen) atoms. The van der Waals surface area contributed by atoms with Crippen LogP contribution in [-0.2, 0) is 10.0 Å². The van der Waals surface area contributed by atoms with Crippen LogP contribution >= 0.6 is 11.8 Å². The van der Waals surface area contributed by atoms with Crippen LogP contribution in [0, 0.1) is 0 Å². The van der Waals surface area contributed by atoms with Crippen molar-refractivity contribution in [3.63, 3.8) is 0 Å². The minimum atomic E-state index is -3.14. The summed E-state index contributed by atoms with van der Waals surface area (Å²) in [6.07, 6.45) is 2.05. The number of aromatic nitrogens is 1. The van der Waals surface area contributed by atoms with Gasteiger partial charge in [0, 0.05) is 30.3 Å². The van der Waals surface area contributed by atoms with Gasteiger partial charge in [-0.2, -0.15) is 0 Å². The van der Waals surface area contributed by atoms with Gasteiger partial charge in [-0.05, 0) is 18.6 Å². The molecule has 2 aliphatic heterocycles. The number of hydrogen-bond donors (Lipinski definition) is 3. The van der Waals surface area contributed by atoms with Crippen LogP contribution in [0.5, 0.6) is 0 Å². The first-order valence-corrected chi connectivity index (χ1v) is 11.4. The van der Waals surface area contributed by atoms with E-state index >= 15 is 0 Å². The van der Waals surface area contributed by atoms with Crippen molar-refractivity contribution < 1.29 is 13.5 Å². The Balaban J connectivity index is 1.57. The molecule has 2 aliphatic rings. The van der Waals surface area contributed by atoms with Gasteiger partial charge < -0.3 is 15.4 Å². The first-order valence-electron chi connectivity index (χ1n) is 8.59. The first-order chi connectivity index (χ1) is 12.4. The Bertz CT molecular complexity index is 954. The SMILES string of the molecule is CS(=O)(=O)N1CCC(Nc2cccc3cc(C4=N[C@H](CO)CS4)[nH]c23)C1. The van der Waals surface area contributed by atoms with E-state index in [1.807, 2.05) is 18.2 Å². The number of para-hydroxylation sites is 1. The minimum Gasteiger partial charge on any atom is -0.394 e. The molecule has 0 amide bonds. The Morgan fingerprint density at radius 3 is 3.00 bits per heavy atom. The number of nitrogens with zero attached hydrogens (tertiary/aromatic N) is 2. The van der Waals surface area contributed by atoms with Crippen LogP contribution in [0.2, 0.25) is 0 Å². The second-order valence-electron chi connectivity index (χ2n) is 6.79. The second-order valence-corrected chi connectivity index (χ2v) is 9.78. The third kappa shape index (κ3) is 3.48. The lowest BCUT2D eigenvalue weighted by Crippen LogP contribution is -2.30. The maximum absolute atomic E-state index is 11.7. The van der Waals surface area contributed by atoms with Crippen molar-refractivity contribution in [1.82, 2.24) is 9.29 Å². The van der Waals surface area contributed by atoms with Crippen molar-refractivity contribution in [2.24, 2.45) is 4.99 Å². The van der Waals surface area contributed by atoms with Crippen molar-refractivity contribution in [3.05, 3.63) is 30.0 Å². The zero-order valence-corrected chi connectivity index (χ0v) is 16.1. The fourth-order valence-electron chi connectivity index (χ4n) is 3.42. The summed E-state index contributed by atoms with van der Waals surface area (Å²) in [5.41, 5.74) is 2.92. The number of benzene rings is 1. The molecule has 0 aliphatic carbocycles. The van der Waals surface area contributed by atoms with Crippen LogP contribution in [0.4, 0.5) is 5.69 Å². The number of sulfonamides is 1. The molecule has 1 aromatic heterocycles. The smallest absolute Gasteiger partial charge is 0.211 e. The topological polar surface area (TPSA) is 97.8 Å². The van der Waals surface area contributed by atoms with Gasteiger partial charge in [0.05, 0.1) is 35.8 Å². The molecule has 1 saturated heterocycles. The molecule has 0 saturated carbocycles. The number of hydrogen-bond acceptors (Lipinski definition) is 6. The fourth-order valence-corrected chi connectivity index (χ4v) is 5.32. The number of rotatable bonds is 5. The standard InChI is InChI=1S/C17H22N4O3S2/c1-26(23,24)21-6-5-12(8-21)18-14-4-2-3-11-7-15(20-16(11)14)17-19-13(9-22)10-25-17/h2-4,7,12-13,18,20,22H,5-6,8-10H2,1H3/t12?,13-/m1/s1. The first kappa shape index (κ1) is 17.8. The molecular weight excluding hydrogens is 372 g/mol. The van der Waals surface area contributed by atoms with E-state index in [0.717, 1.165) is 39.5 Å². The molecule has 4 rings (SSSR count). The molecule has 0 bridgehead atoms. The molecule has 2 aromatic rings. The van der Waals surface area contributed by atoms with E-state index in [1.54, 1.807) is 11.8 Å². The van der Waals surface area contributed by atoms with Gasteiger partial charge in [-0.3, -0.25) is 4.99 Å². The lowest BCUT2D eigenvalue weighted by atomic mass is 10.2. The van der Waals surface area contributed by atoms with Gasteiger partial charge in [0.1, 0.15) is 5.04 Å². The highest BCUT2D eigenvalue weighted by Gasteiger charge is 2.29. The lowest BCUT2D eigenvalue weighted by molar-refractivity contribution is 0.277. The number of aliphatic imine (C=N–C) groups is 1. The Morgan fingerprint density at radius 2 is 2.31 bits per heavy atom. The summed E-state index contributed by atoms with van der Waals surface area (Å²) in [6, 6.07) is 8.18. The molecule has 3 N–H and O–H groups in total. The largest absolute Gasteiger partial charge is 0.394 e. The van der Waals surface area contributed by atoms with Crippen LogP contribution < -0.4 is 5.32 Å². The van der Waals surface area contributed by atoms with Crippen LogP contribution in [0.25, 0.3) is 10.9 Å². The Morgan fingerprint density at radius 1 is 1.46 bits per heavy atom. The van der Waals surface area contributed by atoms with E-state index in [-0.39, 0.29) is 18.7 Å². The number of nitrogens with one attached hydrogen (secondary N) is 2. The average Bonchev–Trinajstić information content (AvgIpc) is 3.33. The highest BCUT2D eigenvalue weighted by Crippen LogP contribution is 2.30. The number of aliphatic hydroxyl groups excluding tert-OH is 1. The molecule has 1 aromatic carbocycles. The van der Waals surface area contributed by atoms with E-state index in [2.05, 4.69) is 21.4 Å². The molecule has 1 fully saturated rings. The normalized spacial score (nSPS) is 24.3. The second kappa shape index (κ2) is 6.88. The molecule has 7 nitrogen and oxygen atoms in total. The van der Waals surface area contributed by atoms with Crippen molar-refractivity contribution in [2.45, 2.75) is 18.5 Å². The predicted octanol–water partition coefficient (Wildman–Crippen LogP) is 1.47. The summed E-state index contributed by atoms with van der Waals surface area (Å²) in [5.74, 6) is 0.801. The van der Waals surface area contributed by atoms with Gasteiger partial charge in [0.15, 0.2) is 0 Å². The van der Waals surface area contributed by atoms with Crippen LogP contribution in [0.15, 0.2) is 29.3 Å². The van der Waals surface area contributed by atoms with E-state index in [4.69, 9.17) is 0 Å². The molecule has 9 heteroatoms. The zero-order chi connectivity index (χ0) is 18.3. The van der Waals surface area contributed by atoms with Gasteiger partial charge >= 0.3 is 0 Å². The number of anilines is 1. The summed E-state index contributed by atoms with van der Waals surface area (Å²) >= 11 is 1.65. The molecule has 3 heterocycles.